The van der Waals surface area contributed by atoms with E-state index < -0.39 is 6.04 Å². The van der Waals surface area contributed by atoms with E-state index >= 15 is 0 Å². The first-order valence-electron chi connectivity index (χ1n) is 10.9. The molecule has 2 N–H and O–H groups in total. The zero-order chi connectivity index (χ0) is 22.3. The molecule has 0 radical (unpaired) electrons. The van der Waals surface area contributed by atoms with Crippen molar-refractivity contribution in [3.05, 3.63) is 71.5 Å². The maximum absolute atomic E-state index is 13.5. The number of nitrogens with one attached hydrogen (secondary N) is 2. The summed E-state index contributed by atoms with van der Waals surface area (Å²) in [5.74, 6) is -0.495. The fraction of sp³-hybridized carbons (Fsp3) is 0.440. The van der Waals surface area contributed by atoms with Gasteiger partial charge in [-0.15, -0.1) is 0 Å². The Kier molecular flexibility index (Phi) is 7.80. The molecule has 0 aliphatic carbocycles. The Hall–Kier alpha value is -2.73. The quantitative estimate of drug-likeness (QED) is 0.673. The van der Waals surface area contributed by atoms with Crippen molar-refractivity contribution in [1.82, 2.24) is 10.6 Å². The van der Waals surface area contributed by atoms with E-state index in [1.807, 2.05) is 44.2 Å². The lowest BCUT2D eigenvalue weighted by Crippen LogP contribution is -2.48. The minimum Gasteiger partial charge on any atom is -0.381 e. The molecular weight excluding hydrogens is 395 g/mol. The van der Waals surface area contributed by atoms with Crippen LogP contribution in [0.2, 0.25) is 0 Å². The van der Waals surface area contributed by atoms with Crippen molar-refractivity contribution in [3.63, 3.8) is 0 Å². The van der Waals surface area contributed by atoms with E-state index in [2.05, 4.69) is 10.6 Å². The van der Waals surface area contributed by atoms with Crippen LogP contribution in [-0.4, -0.2) is 31.6 Å². The number of halogens is 1. The van der Waals surface area contributed by atoms with Gasteiger partial charge in [0, 0.05) is 31.6 Å². The van der Waals surface area contributed by atoms with Crippen LogP contribution in [0.5, 0.6) is 0 Å². The zero-order valence-electron chi connectivity index (χ0n) is 18.2. The van der Waals surface area contributed by atoms with Crippen LogP contribution in [0, 0.1) is 11.7 Å². The fourth-order valence-corrected chi connectivity index (χ4v) is 4.03. The second-order valence-corrected chi connectivity index (χ2v) is 8.63. The molecule has 2 aromatic carbocycles. The molecule has 1 atom stereocenters. The molecule has 6 heteroatoms. The highest BCUT2D eigenvalue weighted by Crippen LogP contribution is 2.34. The third-order valence-corrected chi connectivity index (χ3v) is 5.80. The van der Waals surface area contributed by atoms with Gasteiger partial charge in [-0.25, -0.2) is 4.39 Å². The summed E-state index contributed by atoms with van der Waals surface area (Å²) in [6, 6.07) is 15.0. The van der Waals surface area contributed by atoms with E-state index in [-0.39, 0.29) is 29.0 Å². The van der Waals surface area contributed by atoms with Gasteiger partial charge in [-0.2, -0.15) is 0 Å². The summed E-state index contributed by atoms with van der Waals surface area (Å²) in [7, 11) is 0. The van der Waals surface area contributed by atoms with Gasteiger partial charge < -0.3 is 15.4 Å². The minimum atomic E-state index is -0.766. The van der Waals surface area contributed by atoms with Gasteiger partial charge >= 0.3 is 0 Å². The van der Waals surface area contributed by atoms with E-state index in [1.54, 1.807) is 12.1 Å². The normalized spacial score (nSPS) is 16.5. The first-order chi connectivity index (χ1) is 14.9. The Bertz CT molecular complexity index is 862. The minimum absolute atomic E-state index is 0.154. The molecular formula is C25H31FN2O3. The topological polar surface area (TPSA) is 67.4 Å². The number of carbonyl (C=O) groups is 2. The van der Waals surface area contributed by atoms with Gasteiger partial charge in [0.2, 0.25) is 11.8 Å². The van der Waals surface area contributed by atoms with Crippen LogP contribution in [0.3, 0.4) is 0 Å². The molecule has 166 valence electrons. The number of hydrogen-bond acceptors (Lipinski definition) is 3. The monoisotopic (exact) mass is 426 g/mol. The lowest BCUT2D eigenvalue weighted by Gasteiger charge is -2.38. The van der Waals surface area contributed by atoms with Gasteiger partial charge in [-0.05, 0) is 42.0 Å². The Morgan fingerprint density at radius 3 is 2.29 bits per heavy atom. The van der Waals surface area contributed by atoms with Crippen molar-refractivity contribution in [2.24, 2.45) is 5.92 Å². The van der Waals surface area contributed by atoms with Gasteiger partial charge in [0.1, 0.15) is 11.9 Å². The molecule has 2 aromatic rings. The van der Waals surface area contributed by atoms with Gasteiger partial charge in [-0.1, -0.05) is 56.3 Å². The van der Waals surface area contributed by atoms with E-state index in [0.29, 0.717) is 26.2 Å². The van der Waals surface area contributed by atoms with Gasteiger partial charge in [0.05, 0.1) is 0 Å². The summed E-state index contributed by atoms with van der Waals surface area (Å²) in [6.07, 6.45) is 1.82. The molecule has 0 aromatic heterocycles. The van der Waals surface area contributed by atoms with Crippen LogP contribution in [0.15, 0.2) is 54.6 Å². The highest BCUT2D eigenvalue weighted by molar-refractivity contribution is 5.88. The molecule has 5 nitrogen and oxygen atoms in total. The number of carbonyl (C=O) groups excluding carboxylic acids is 2. The molecule has 0 saturated carbocycles. The number of ether oxygens (including phenoxy) is 1. The summed E-state index contributed by atoms with van der Waals surface area (Å²) in [4.78, 5) is 25.6. The number of amides is 2. The Labute approximate surface area is 183 Å². The second-order valence-electron chi connectivity index (χ2n) is 8.63. The predicted octanol–water partition coefficient (Wildman–Crippen LogP) is 3.89. The number of benzene rings is 2. The molecule has 1 fully saturated rings. The van der Waals surface area contributed by atoms with E-state index in [4.69, 9.17) is 4.74 Å². The average molecular weight is 427 g/mol. The van der Waals surface area contributed by atoms with Crippen molar-refractivity contribution >= 4 is 11.8 Å². The molecule has 0 spiro atoms. The fourth-order valence-electron chi connectivity index (χ4n) is 4.03. The summed E-state index contributed by atoms with van der Waals surface area (Å²) in [6.45, 7) is 5.49. The summed E-state index contributed by atoms with van der Waals surface area (Å²) < 4.78 is 19.0. The van der Waals surface area contributed by atoms with E-state index in [9.17, 15) is 14.0 Å². The summed E-state index contributed by atoms with van der Waals surface area (Å²) >= 11 is 0. The molecule has 31 heavy (non-hydrogen) atoms. The highest BCUT2D eigenvalue weighted by Gasteiger charge is 2.36. The summed E-state index contributed by atoms with van der Waals surface area (Å²) in [5.41, 5.74) is 1.39. The van der Waals surface area contributed by atoms with Crippen molar-refractivity contribution < 1.29 is 18.7 Å². The molecule has 1 saturated heterocycles. The Morgan fingerprint density at radius 1 is 1.03 bits per heavy atom. The smallest absolute Gasteiger partial charge is 0.247 e. The molecule has 1 aliphatic heterocycles. The molecule has 2 amide bonds. The maximum atomic E-state index is 13.5. The maximum Gasteiger partial charge on any atom is 0.247 e. The van der Waals surface area contributed by atoms with Crippen molar-refractivity contribution in [2.45, 2.75) is 44.6 Å². The van der Waals surface area contributed by atoms with Gasteiger partial charge in [0.15, 0.2) is 0 Å². The number of rotatable bonds is 8. The van der Waals surface area contributed by atoms with Crippen LogP contribution in [0.1, 0.15) is 50.3 Å². The standard InChI is InChI=1S/C25H31FN2O3/c1-18(2)16-22(29)28-23(19-6-4-3-5-7-19)24(30)27-17-25(12-14-31-15-13-25)20-8-10-21(26)11-9-20/h3-11,18,23H,12-17H2,1-2H3,(H,27,30)(H,28,29). The van der Waals surface area contributed by atoms with Crippen LogP contribution in [-0.2, 0) is 19.7 Å². The Balaban J connectivity index is 1.77. The third-order valence-electron chi connectivity index (χ3n) is 5.80. The van der Waals surface area contributed by atoms with Crippen molar-refractivity contribution in [2.75, 3.05) is 19.8 Å². The van der Waals surface area contributed by atoms with E-state index in [1.165, 1.54) is 12.1 Å². The first-order valence-corrected chi connectivity index (χ1v) is 10.9. The SMILES string of the molecule is CC(C)CC(=O)NC(C(=O)NCC1(c2ccc(F)cc2)CCOCC1)c1ccccc1. The second kappa shape index (κ2) is 10.5. The van der Waals surface area contributed by atoms with Crippen molar-refractivity contribution in [1.29, 1.82) is 0 Å². The third kappa shape index (κ3) is 6.14. The van der Waals surface area contributed by atoms with Gasteiger partial charge in [-0.3, -0.25) is 9.59 Å². The van der Waals surface area contributed by atoms with Crippen molar-refractivity contribution in [3.8, 4) is 0 Å². The molecule has 0 bridgehead atoms. The van der Waals surface area contributed by atoms with Crippen LogP contribution >= 0.6 is 0 Å². The zero-order valence-corrected chi connectivity index (χ0v) is 18.2. The van der Waals surface area contributed by atoms with Gasteiger partial charge in [0.25, 0.3) is 0 Å². The first kappa shape index (κ1) is 22.9. The van der Waals surface area contributed by atoms with Crippen LogP contribution in [0.4, 0.5) is 4.39 Å². The highest BCUT2D eigenvalue weighted by atomic mass is 19.1. The lowest BCUT2D eigenvalue weighted by atomic mass is 9.74. The number of hydrogen-bond donors (Lipinski definition) is 2. The molecule has 1 heterocycles. The molecule has 3 rings (SSSR count). The molecule has 1 unspecified atom stereocenters. The average Bonchev–Trinajstić information content (AvgIpc) is 2.77. The largest absolute Gasteiger partial charge is 0.381 e. The van der Waals surface area contributed by atoms with E-state index in [0.717, 1.165) is 24.0 Å². The predicted molar refractivity (Wildman–Crippen MR) is 118 cm³/mol. The van der Waals surface area contributed by atoms with Crippen LogP contribution < -0.4 is 10.6 Å². The van der Waals surface area contributed by atoms with Crippen LogP contribution in [0.25, 0.3) is 0 Å². The molecule has 1 aliphatic rings. The summed E-state index contributed by atoms with van der Waals surface area (Å²) in [5, 5.41) is 5.95. The lowest BCUT2D eigenvalue weighted by molar-refractivity contribution is -0.129. The Morgan fingerprint density at radius 2 is 1.68 bits per heavy atom.